The minimum atomic E-state index is -0.435. The van der Waals surface area contributed by atoms with Crippen LogP contribution in [0.2, 0.25) is 0 Å². The Morgan fingerprint density at radius 2 is 1.90 bits per heavy atom. The van der Waals surface area contributed by atoms with E-state index in [2.05, 4.69) is 37.2 Å². The molecule has 0 aliphatic rings. The van der Waals surface area contributed by atoms with Gasteiger partial charge in [-0.15, -0.1) is 12.3 Å². The standard InChI is InChI=1S/C18H27NO/c1-4-5-6-7-12-19-14-18(20)17-10-8-16(9-11-17)13-15(2)3/h1,8-11,15,18-20H,5-7,12-14H2,2-3H3. The van der Waals surface area contributed by atoms with E-state index in [4.69, 9.17) is 6.42 Å². The van der Waals surface area contributed by atoms with Crippen LogP contribution >= 0.6 is 0 Å². The van der Waals surface area contributed by atoms with Crippen molar-refractivity contribution in [3.8, 4) is 12.3 Å². The summed E-state index contributed by atoms with van der Waals surface area (Å²) < 4.78 is 0. The van der Waals surface area contributed by atoms with Gasteiger partial charge in [0.15, 0.2) is 0 Å². The molecular weight excluding hydrogens is 246 g/mol. The summed E-state index contributed by atoms with van der Waals surface area (Å²) in [4.78, 5) is 0. The van der Waals surface area contributed by atoms with Crippen LogP contribution in [-0.2, 0) is 6.42 Å². The molecule has 1 aromatic carbocycles. The number of nitrogens with one attached hydrogen (secondary N) is 1. The van der Waals surface area contributed by atoms with E-state index in [1.165, 1.54) is 5.56 Å². The van der Waals surface area contributed by atoms with Crippen LogP contribution in [0.15, 0.2) is 24.3 Å². The van der Waals surface area contributed by atoms with E-state index in [1.54, 1.807) is 0 Å². The predicted molar refractivity (Wildman–Crippen MR) is 85.5 cm³/mol. The molecule has 0 heterocycles. The van der Waals surface area contributed by atoms with Gasteiger partial charge in [-0.3, -0.25) is 0 Å². The molecule has 2 heteroatoms. The minimum absolute atomic E-state index is 0.435. The molecule has 0 fully saturated rings. The van der Waals surface area contributed by atoms with Crippen LogP contribution in [0.4, 0.5) is 0 Å². The van der Waals surface area contributed by atoms with E-state index < -0.39 is 6.10 Å². The van der Waals surface area contributed by atoms with Crippen LogP contribution in [0, 0.1) is 18.3 Å². The molecule has 1 aromatic rings. The van der Waals surface area contributed by atoms with Crippen molar-refractivity contribution >= 4 is 0 Å². The van der Waals surface area contributed by atoms with E-state index in [0.29, 0.717) is 12.5 Å². The number of hydrogen-bond acceptors (Lipinski definition) is 2. The summed E-state index contributed by atoms with van der Waals surface area (Å²) in [5.74, 6) is 3.30. The first kappa shape index (κ1) is 16.8. The zero-order chi connectivity index (χ0) is 14.8. The van der Waals surface area contributed by atoms with E-state index in [-0.39, 0.29) is 0 Å². The van der Waals surface area contributed by atoms with Gasteiger partial charge in [-0.25, -0.2) is 0 Å². The van der Waals surface area contributed by atoms with Crippen molar-refractivity contribution in [1.29, 1.82) is 0 Å². The molecule has 1 rings (SSSR count). The van der Waals surface area contributed by atoms with Gasteiger partial charge in [0.1, 0.15) is 0 Å². The monoisotopic (exact) mass is 273 g/mol. The normalized spacial score (nSPS) is 12.3. The lowest BCUT2D eigenvalue weighted by Gasteiger charge is -2.13. The highest BCUT2D eigenvalue weighted by Crippen LogP contribution is 2.15. The van der Waals surface area contributed by atoms with Gasteiger partial charge in [0.05, 0.1) is 6.10 Å². The number of hydrogen-bond donors (Lipinski definition) is 2. The second-order valence-corrected chi connectivity index (χ2v) is 5.72. The number of terminal acetylenes is 1. The van der Waals surface area contributed by atoms with Crippen LogP contribution in [0.5, 0.6) is 0 Å². The first-order chi connectivity index (χ1) is 9.63. The van der Waals surface area contributed by atoms with Crippen LogP contribution in [0.3, 0.4) is 0 Å². The molecule has 0 radical (unpaired) electrons. The Bertz CT molecular complexity index is 402. The van der Waals surface area contributed by atoms with Crippen LogP contribution in [0.25, 0.3) is 0 Å². The van der Waals surface area contributed by atoms with Gasteiger partial charge in [0.25, 0.3) is 0 Å². The summed E-state index contributed by atoms with van der Waals surface area (Å²) in [6.45, 7) is 5.93. The highest BCUT2D eigenvalue weighted by Gasteiger charge is 2.07. The smallest absolute Gasteiger partial charge is 0.0914 e. The lowest BCUT2D eigenvalue weighted by Crippen LogP contribution is -2.22. The molecule has 0 aliphatic carbocycles. The molecule has 0 spiro atoms. The minimum Gasteiger partial charge on any atom is -0.387 e. The third-order valence-corrected chi connectivity index (χ3v) is 3.27. The zero-order valence-electron chi connectivity index (χ0n) is 12.7. The third kappa shape index (κ3) is 6.75. The van der Waals surface area contributed by atoms with Crippen molar-refractivity contribution in [3.05, 3.63) is 35.4 Å². The van der Waals surface area contributed by atoms with Crippen molar-refractivity contribution in [3.63, 3.8) is 0 Å². The fraction of sp³-hybridized carbons (Fsp3) is 0.556. The first-order valence-electron chi connectivity index (χ1n) is 7.54. The SMILES string of the molecule is C#CCCCCNCC(O)c1ccc(CC(C)C)cc1. The number of aliphatic hydroxyl groups excluding tert-OH is 1. The largest absolute Gasteiger partial charge is 0.387 e. The Balaban J connectivity index is 2.29. The molecule has 0 aromatic heterocycles. The van der Waals surface area contributed by atoms with Gasteiger partial charge >= 0.3 is 0 Å². The molecule has 2 nitrogen and oxygen atoms in total. The molecule has 0 saturated heterocycles. The molecule has 0 aliphatic heterocycles. The van der Waals surface area contributed by atoms with Gasteiger partial charge < -0.3 is 10.4 Å². The van der Waals surface area contributed by atoms with Crippen molar-refractivity contribution in [2.24, 2.45) is 5.92 Å². The average molecular weight is 273 g/mol. The summed E-state index contributed by atoms with van der Waals surface area (Å²) in [7, 11) is 0. The summed E-state index contributed by atoms with van der Waals surface area (Å²) in [5, 5.41) is 13.4. The maximum atomic E-state index is 10.1. The molecule has 0 bridgehead atoms. The van der Waals surface area contributed by atoms with Crippen molar-refractivity contribution in [2.45, 2.75) is 45.6 Å². The Morgan fingerprint density at radius 3 is 2.50 bits per heavy atom. The average Bonchev–Trinajstić information content (AvgIpc) is 2.42. The topological polar surface area (TPSA) is 32.3 Å². The number of unbranched alkanes of at least 4 members (excludes halogenated alkanes) is 2. The lowest BCUT2D eigenvalue weighted by atomic mass is 10.0. The molecule has 110 valence electrons. The highest BCUT2D eigenvalue weighted by molar-refractivity contribution is 5.24. The Morgan fingerprint density at radius 1 is 1.20 bits per heavy atom. The van der Waals surface area contributed by atoms with Crippen molar-refractivity contribution in [1.82, 2.24) is 5.32 Å². The van der Waals surface area contributed by atoms with Crippen molar-refractivity contribution < 1.29 is 5.11 Å². The van der Waals surface area contributed by atoms with E-state index in [1.807, 2.05) is 12.1 Å². The van der Waals surface area contributed by atoms with Gasteiger partial charge in [0, 0.05) is 13.0 Å². The Hall–Kier alpha value is -1.30. The number of aliphatic hydroxyl groups is 1. The molecule has 2 N–H and O–H groups in total. The Kier molecular flexibility index (Phi) is 8.02. The predicted octanol–water partition coefficient (Wildman–Crippen LogP) is 3.31. The lowest BCUT2D eigenvalue weighted by molar-refractivity contribution is 0.174. The van der Waals surface area contributed by atoms with Gasteiger partial charge in [-0.1, -0.05) is 38.1 Å². The summed E-state index contributed by atoms with van der Waals surface area (Å²) >= 11 is 0. The first-order valence-corrected chi connectivity index (χ1v) is 7.54. The maximum Gasteiger partial charge on any atom is 0.0914 e. The second kappa shape index (κ2) is 9.58. The van der Waals surface area contributed by atoms with E-state index in [9.17, 15) is 5.11 Å². The van der Waals surface area contributed by atoms with Crippen LogP contribution < -0.4 is 5.32 Å². The summed E-state index contributed by atoms with van der Waals surface area (Å²) in [6.07, 6.45) is 8.79. The highest BCUT2D eigenvalue weighted by atomic mass is 16.3. The molecule has 1 unspecified atom stereocenters. The van der Waals surface area contributed by atoms with E-state index >= 15 is 0 Å². The van der Waals surface area contributed by atoms with Gasteiger partial charge in [-0.2, -0.15) is 0 Å². The molecular formula is C18H27NO. The maximum absolute atomic E-state index is 10.1. The zero-order valence-corrected chi connectivity index (χ0v) is 12.7. The fourth-order valence-electron chi connectivity index (χ4n) is 2.18. The van der Waals surface area contributed by atoms with Gasteiger partial charge in [0.2, 0.25) is 0 Å². The van der Waals surface area contributed by atoms with Crippen LogP contribution in [-0.4, -0.2) is 18.2 Å². The second-order valence-electron chi connectivity index (χ2n) is 5.72. The molecule has 1 atom stereocenters. The number of rotatable bonds is 9. The molecule has 20 heavy (non-hydrogen) atoms. The fourth-order valence-corrected chi connectivity index (χ4v) is 2.18. The molecule has 0 amide bonds. The van der Waals surface area contributed by atoms with Crippen LogP contribution in [0.1, 0.15) is 50.3 Å². The third-order valence-electron chi connectivity index (χ3n) is 3.27. The van der Waals surface area contributed by atoms with E-state index in [0.717, 1.165) is 37.8 Å². The summed E-state index contributed by atoms with van der Waals surface area (Å²) in [5.41, 5.74) is 2.31. The van der Waals surface area contributed by atoms with Gasteiger partial charge in [-0.05, 0) is 42.9 Å². The quantitative estimate of drug-likeness (QED) is 0.534. The van der Waals surface area contributed by atoms with Crippen molar-refractivity contribution in [2.75, 3.05) is 13.1 Å². The summed E-state index contributed by atoms with van der Waals surface area (Å²) in [6, 6.07) is 8.29. The molecule has 0 saturated carbocycles. The Labute approximate surface area is 123 Å². The number of benzene rings is 1.